The summed E-state index contributed by atoms with van der Waals surface area (Å²) >= 11 is 0. The number of hydrogen-bond donors (Lipinski definition) is 1. The van der Waals surface area contributed by atoms with Gasteiger partial charge in [-0.2, -0.15) is 0 Å². The first-order valence-electron chi connectivity index (χ1n) is 5.88. The molecule has 2 N–H and O–H groups in total. The third-order valence-corrected chi connectivity index (χ3v) is 2.73. The van der Waals surface area contributed by atoms with Gasteiger partial charge in [-0.15, -0.1) is 0 Å². The lowest BCUT2D eigenvalue weighted by Crippen LogP contribution is -2.38. The maximum atomic E-state index is 5.85. The lowest BCUT2D eigenvalue weighted by atomic mass is 10.3. The van der Waals surface area contributed by atoms with Gasteiger partial charge >= 0.3 is 0 Å². The van der Waals surface area contributed by atoms with Crippen LogP contribution in [0.15, 0.2) is 29.4 Å². The number of amidine groups is 1. The Balaban J connectivity index is 1.80. The van der Waals surface area contributed by atoms with Crippen molar-refractivity contribution < 1.29 is 4.74 Å². The predicted molar refractivity (Wildman–Crippen MR) is 67.1 cm³/mol. The fourth-order valence-electron chi connectivity index (χ4n) is 1.73. The largest absolute Gasteiger partial charge is 0.382 e. The second kappa shape index (κ2) is 6.32. The molecule has 1 saturated heterocycles. The molecule has 2 heterocycles. The van der Waals surface area contributed by atoms with Crippen molar-refractivity contribution >= 4 is 5.84 Å². The SMILES string of the molecule is NC(=NCCN1CCOCC1)c1ccccn1. The van der Waals surface area contributed by atoms with Gasteiger partial charge in [0, 0.05) is 25.8 Å². The van der Waals surface area contributed by atoms with Crippen molar-refractivity contribution in [2.45, 2.75) is 0 Å². The Morgan fingerprint density at radius 2 is 2.24 bits per heavy atom. The molecule has 0 aromatic carbocycles. The molecule has 1 fully saturated rings. The third kappa shape index (κ3) is 3.80. The smallest absolute Gasteiger partial charge is 0.144 e. The van der Waals surface area contributed by atoms with E-state index in [-0.39, 0.29) is 0 Å². The second-order valence-corrected chi connectivity index (χ2v) is 3.94. The molecule has 1 aliphatic heterocycles. The summed E-state index contributed by atoms with van der Waals surface area (Å²) < 4.78 is 5.28. The van der Waals surface area contributed by atoms with Crippen molar-refractivity contribution in [2.24, 2.45) is 10.7 Å². The van der Waals surface area contributed by atoms with Gasteiger partial charge < -0.3 is 10.5 Å². The molecule has 0 unspecified atom stereocenters. The van der Waals surface area contributed by atoms with E-state index in [0.717, 1.165) is 38.5 Å². The van der Waals surface area contributed by atoms with Crippen LogP contribution in [0.2, 0.25) is 0 Å². The molecule has 0 radical (unpaired) electrons. The van der Waals surface area contributed by atoms with Gasteiger partial charge in [0.2, 0.25) is 0 Å². The van der Waals surface area contributed by atoms with Gasteiger partial charge in [-0.05, 0) is 12.1 Å². The lowest BCUT2D eigenvalue weighted by molar-refractivity contribution is 0.0394. The molecular weight excluding hydrogens is 216 g/mol. The van der Waals surface area contributed by atoms with Crippen LogP contribution in [0.25, 0.3) is 0 Å². The summed E-state index contributed by atoms with van der Waals surface area (Å²) in [5.74, 6) is 0.513. The standard InChI is InChI=1S/C12H18N4O/c13-12(11-3-1-2-4-14-11)15-5-6-16-7-9-17-10-8-16/h1-4H,5-10H2,(H2,13,15). The van der Waals surface area contributed by atoms with Crippen LogP contribution < -0.4 is 5.73 Å². The number of rotatable bonds is 4. The summed E-state index contributed by atoms with van der Waals surface area (Å²) in [6.45, 7) is 5.25. The Hall–Kier alpha value is -1.46. The van der Waals surface area contributed by atoms with Crippen molar-refractivity contribution in [1.82, 2.24) is 9.88 Å². The first kappa shape index (κ1) is 12.0. The van der Waals surface area contributed by atoms with Gasteiger partial charge in [0.1, 0.15) is 11.5 Å². The number of ether oxygens (including phenoxy) is 1. The maximum Gasteiger partial charge on any atom is 0.144 e. The summed E-state index contributed by atoms with van der Waals surface area (Å²) in [5, 5.41) is 0. The molecule has 0 saturated carbocycles. The fraction of sp³-hybridized carbons (Fsp3) is 0.500. The van der Waals surface area contributed by atoms with Crippen LogP contribution in [0.4, 0.5) is 0 Å². The average molecular weight is 234 g/mol. The molecule has 17 heavy (non-hydrogen) atoms. The summed E-state index contributed by atoms with van der Waals surface area (Å²) in [4.78, 5) is 10.8. The van der Waals surface area contributed by atoms with E-state index >= 15 is 0 Å². The molecular formula is C12H18N4O. The quantitative estimate of drug-likeness (QED) is 0.593. The molecule has 1 aromatic heterocycles. The summed E-state index contributed by atoms with van der Waals surface area (Å²) in [5.41, 5.74) is 6.60. The molecule has 2 rings (SSSR count). The Kier molecular flexibility index (Phi) is 4.46. The van der Waals surface area contributed by atoms with Crippen molar-refractivity contribution in [3.05, 3.63) is 30.1 Å². The molecule has 92 valence electrons. The van der Waals surface area contributed by atoms with Crippen LogP contribution in [-0.4, -0.2) is 55.1 Å². The zero-order valence-electron chi connectivity index (χ0n) is 9.88. The van der Waals surface area contributed by atoms with E-state index in [0.29, 0.717) is 12.4 Å². The van der Waals surface area contributed by atoms with Gasteiger partial charge in [0.05, 0.1) is 19.8 Å². The van der Waals surface area contributed by atoms with Crippen LogP contribution in [-0.2, 0) is 4.74 Å². The number of morpholine rings is 1. The molecule has 0 spiro atoms. The van der Waals surface area contributed by atoms with Crippen molar-refractivity contribution in [1.29, 1.82) is 0 Å². The number of hydrogen-bond acceptors (Lipinski definition) is 4. The zero-order chi connectivity index (χ0) is 11.9. The highest BCUT2D eigenvalue weighted by Gasteiger charge is 2.09. The molecule has 0 bridgehead atoms. The molecule has 5 nitrogen and oxygen atoms in total. The molecule has 1 aliphatic rings. The summed E-state index contributed by atoms with van der Waals surface area (Å²) in [6, 6.07) is 5.64. The van der Waals surface area contributed by atoms with E-state index in [1.165, 1.54) is 0 Å². The van der Waals surface area contributed by atoms with Gasteiger partial charge in [-0.25, -0.2) is 0 Å². The molecule has 0 amide bonds. The summed E-state index contributed by atoms with van der Waals surface area (Å²) in [6.07, 6.45) is 1.72. The molecule has 0 atom stereocenters. The monoisotopic (exact) mass is 234 g/mol. The van der Waals surface area contributed by atoms with Crippen LogP contribution in [0, 0.1) is 0 Å². The van der Waals surface area contributed by atoms with Gasteiger partial charge in [0.15, 0.2) is 0 Å². The molecule has 1 aromatic rings. The number of nitrogens with two attached hydrogens (primary N) is 1. The normalized spacial score (nSPS) is 18.2. The number of nitrogens with zero attached hydrogens (tertiary/aromatic N) is 3. The van der Waals surface area contributed by atoms with Crippen molar-refractivity contribution in [3.63, 3.8) is 0 Å². The van der Waals surface area contributed by atoms with Crippen LogP contribution in [0.3, 0.4) is 0 Å². The minimum absolute atomic E-state index is 0.513. The van der Waals surface area contributed by atoms with Gasteiger partial charge in [-0.3, -0.25) is 14.9 Å². The third-order valence-electron chi connectivity index (χ3n) is 2.73. The molecule has 5 heteroatoms. The number of pyridine rings is 1. The first-order chi connectivity index (χ1) is 8.36. The highest BCUT2D eigenvalue weighted by atomic mass is 16.5. The van der Waals surface area contributed by atoms with E-state index < -0.39 is 0 Å². The number of aromatic nitrogens is 1. The lowest BCUT2D eigenvalue weighted by Gasteiger charge is -2.25. The molecule has 0 aliphatic carbocycles. The van der Waals surface area contributed by atoms with E-state index in [2.05, 4.69) is 14.9 Å². The van der Waals surface area contributed by atoms with Gasteiger partial charge in [0.25, 0.3) is 0 Å². The van der Waals surface area contributed by atoms with E-state index in [9.17, 15) is 0 Å². The van der Waals surface area contributed by atoms with Crippen molar-refractivity contribution in [3.8, 4) is 0 Å². The Bertz CT molecular complexity index is 360. The van der Waals surface area contributed by atoms with E-state index in [4.69, 9.17) is 10.5 Å². The summed E-state index contributed by atoms with van der Waals surface area (Å²) in [7, 11) is 0. The van der Waals surface area contributed by atoms with Crippen LogP contribution in [0.5, 0.6) is 0 Å². The average Bonchev–Trinajstić information content (AvgIpc) is 2.41. The Labute approximate surface area is 101 Å². The fourth-order valence-corrected chi connectivity index (χ4v) is 1.73. The highest BCUT2D eigenvalue weighted by Crippen LogP contribution is 1.97. The first-order valence-corrected chi connectivity index (χ1v) is 5.88. The zero-order valence-corrected chi connectivity index (χ0v) is 9.88. The second-order valence-electron chi connectivity index (χ2n) is 3.94. The van der Waals surface area contributed by atoms with Gasteiger partial charge in [-0.1, -0.05) is 6.07 Å². The number of aliphatic imine (C=N–C) groups is 1. The van der Waals surface area contributed by atoms with E-state index in [1.807, 2.05) is 18.2 Å². The minimum atomic E-state index is 0.513. The minimum Gasteiger partial charge on any atom is -0.382 e. The van der Waals surface area contributed by atoms with Crippen LogP contribution >= 0.6 is 0 Å². The van der Waals surface area contributed by atoms with E-state index in [1.54, 1.807) is 6.20 Å². The Morgan fingerprint density at radius 3 is 2.94 bits per heavy atom. The predicted octanol–water partition coefficient (Wildman–Crippen LogP) is 0.119. The topological polar surface area (TPSA) is 63.7 Å². The highest BCUT2D eigenvalue weighted by molar-refractivity contribution is 5.95. The van der Waals surface area contributed by atoms with Crippen LogP contribution in [0.1, 0.15) is 5.69 Å². The Morgan fingerprint density at radius 1 is 1.41 bits per heavy atom. The maximum absolute atomic E-state index is 5.85. The van der Waals surface area contributed by atoms with Crippen molar-refractivity contribution in [2.75, 3.05) is 39.4 Å².